The highest BCUT2D eigenvalue weighted by Gasteiger charge is 2.07. The topological polar surface area (TPSA) is 29.1 Å². The van der Waals surface area contributed by atoms with Gasteiger partial charge in [0.2, 0.25) is 0 Å². The van der Waals surface area contributed by atoms with Crippen molar-refractivity contribution in [3.8, 4) is 0 Å². The van der Waals surface area contributed by atoms with Crippen molar-refractivity contribution in [1.82, 2.24) is 5.32 Å². The predicted molar refractivity (Wildman–Crippen MR) is 53.8 cm³/mol. The van der Waals surface area contributed by atoms with Gasteiger partial charge in [0.15, 0.2) is 0 Å². The molecular formula is C11H15NO. The monoisotopic (exact) mass is 177 g/mol. The molecule has 0 spiro atoms. The van der Waals surface area contributed by atoms with Crippen LogP contribution in [0.3, 0.4) is 0 Å². The SMILES string of the molecule is CCNC(=O)c1ccccc1CC. The third kappa shape index (κ3) is 2.31. The van der Waals surface area contributed by atoms with Crippen molar-refractivity contribution in [3.63, 3.8) is 0 Å². The van der Waals surface area contributed by atoms with Gasteiger partial charge in [0.05, 0.1) is 0 Å². The van der Waals surface area contributed by atoms with Crippen molar-refractivity contribution in [1.29, 1.82) is 0 Å². The van der Waals surface area contributed by atoms with Gasteiger partial charge in [-0.2, -0.15) is 0 Å². The molecule has 0 aromatic heterocycles. The molecule has 0 heterocycles. The summed E-state index contributed by atoms with van der Waals surface area (Å²) >= 11 is 0. The molecule has 0 aliphatic rings. The van der Waals surface area contributed by atoms with E-state index in [1.165, 1.54) is 0 Å². The van der Waals surface area contributed by atoms with E-state index in [-0.39, 0.29) is 5.91 Å². The Morgan fingerprint density at radius 1 is 1.31 bits per heavy atom. The van der Waals surface area contributed by atoms with E-state index in [2.05, 4.69) is 12.2 Å². The summed E-state index contributed by atoms with van der Waals surface area (Å²) in [6.07, 6.45) is 0.896. The van der Waals surface area contributed by atoms with Gasteiger partial charge in [-0.05, 0) is 25.0 Å². The van der Waals surface area contributed by atoms with Gasteiger partial charge in [-0.25, -0.2) is 0 Å². The molecule has 2 nitrogen and oxygen atoms in total. The van der Waals surface area contributed by atoms with Crippen LogP contribution in [0.1, 0.15) is 29.8 Å². The van der Waals surface area contributed by atoms with E-state index >= 15 is 0 Å². The third-order valence-corrected chi connectivity index (χ3v) is 1.98. The highest BCUT2D eigenvalue weighted by Crippen LogP contribution is 2.08. The van der Waals surface area contributed by atoms with Gasteiger partial charge in [-0.15, -0.1) is 0 Å². The number of rotatable bonds is 3. The molecule has 1 aromatic rings. The van der Waals surface area contributed by atoms with Crippen LogP contribution in [0.4, 0.5) is 0 Å². The fourth-order valence-electron chi connectivity index (χ4n) is 1.31. The zero-order valence-corrected chi connectivity index (χ0v) is 8.13. The second-order valence-electron chi connectivity index (χ2n) is 2.87. The first-order chi connectivity index (χ1) is 6.29. The first-order valence-electron chi connectivity index (χ1n) is 4.65. The molecule has 0 fully saturated rings. The lowest BCUT2D eigenvalue weighted by Gasteiger charge is -2.06. The largest absolute Gasteiger partial charge is 0.352 e. The molecule has 0 bridgehead atoms. The normalized spacial score (nSPS) is 9.69. The Morgan fingerprint density at radius 3 is 2.62 bits per heavy atom. The van der Waals surface area contributed by atoms with E-state index in [1.54, 1.807) is 0 Å². The number of carbonyl (C=O) groups is 1. The summed E-state index contributed by atoms with van der Waals surface area (Å²) in [4.78, 5) is 11.5. The highest BCUT2D eigenvalue weighted by atomic mass is 16.1. The molecule has 13 heavy (non-hydrogen) atoms. The summed E-state index contributed by atoms with van der Waals surface area (Å²) in [7, 11) is 0. The molecule has 2 heteroatoms. The minimum absolute atomic E-state index is 0.0277. The van der Waals surface area contributed by atoms with E-state index in [0.29, 0.717) is 6.54 Å². The molecule has 70 valence electrons. The average molecular weight is 177 g/mol. The molecule has 1 N–H and O–H groups in total. The van der Waals surface area contributed by atoms with Crippen LogP contribution in [0.5, 0.6) is 0 Å². The first-order valence-corrected chi connectivity index (χ1v) is 4.65. The summed E-state index contributed by atoms with van der Waals surface area (Å²) in [6.45, 7) is 4.65. The van der Waals surface area contributed by atoms with E-state index in [4.69, 9.17) is 0 Å². The van der Waals surface area contributed by atoms with Gasteiger partial charge in [0.1, 0.15) is 0 Å². The van der Waals surface area contributed by atoms with Crippen molar-refractivity contribution in [2.45, 2.75) is 20.3 Å². The Bertz CT molecular complexity index is 294. The fourth-order valence-corrected chi connectivity index (χ4v) is 1.31. The molecule has 0 aliphatic carbocycles. The lowest BCUT2D eigenvalue weighted by Crippen LogP contribution is -2.23. The summed E-state index contributed by atoms with van der Waals surface area (Å²) in [6, 6.07) is 7.71. The van der Waals surface area contributed by atoms with Crippen LogP contribution in [-0.4, -0.2) is 12.5 Å². The minimum atomic E-state index is 0.0277. The molecular weight excluding hydrogens is 162 g/mol. The maximum Gasteiger partial charge on any atom is 0.251 e. The Balaban J connectivity index is 2.92. The van der Waals surface area contributed by atoms with Crippen LogP contribution in [0.25, 0.3) is 0 Å². The summed E-state index contributed by atoms with van der Waals surface area (Å²) in [5, 5.41) is 2.80. The molecule has 1 aromatic carbocycles. The molecule has 0 saturated carbocycles. The van der Waals surface area contributed by atoms with Gasteiger partial charge >= 0.3 is 0 Å². The van der Waals surface area contributed by atoms with Gasteiger partial charge in [-0.1, -0.05) is 25.1 Å². The standard InChI is InChI=1S/C11H15NO/c1-3-9-7-5-6-8-10(9)11(13)12-4-2/h5-8H,3-4H2,1-2H3,(H,12,13). The van der Waals surface area contributed by atoms with Crippen LogP contribution in [-0.2, 0) is 6.42 Å². The lowest BCUT2D eigenvalue weighted by molar-refractivity contribution is 0.0955. The molecule has 0 radical (unpaired) electrons. The van der Waals surface area contributed by atoms with Crippen molar-refractivity contribution in [2.24, 2.45) is 0 Å². The number of nitrogens with one attached hydrogen (secondary N) is 1. The quantitative estimate of drug-likeness (QED) is 0.751. The molecule has 0 saturated heterocycles. The van der Waals surface area contributed by atoms with Gasteiger partial charge < -0.3 is 5.32 Å². The maximum atomic E-state index is 11.5. The minimum Gasteiger partial charge on any atom is -0.352 e. The second-order valence-corrected chi connectivity index (χ2v) is 2.87. The summed E-state index contributed by atoms with van der Waals surface area (Å²) in [5.41, 5.74) is 1.90. The Labute approximate surface area is 79.0 Å². The number of benzene rings is 1. The highest BCUT2D eigenvalue weighted by molar-refractivity contribution is 5.95. The maximum absolute atomic E-state index is 11.5. The van der Waals surface area contributed by atoms with Crippen LogP contribution < -0.4 is 5.32 Å². The molecule has 0 aliphatic heterocycles. The van der Waals surface area contributed by atoms with Crippen LogP contribution in [0.15, 0.2) is 24.3 Å². The van der Waals surface area contributed by atoms with E-state index in [1.807, 2.05) is 31.2 Å². The van der Waals surface area contributed by atoms with E-state index in [0.717, 1.165) is 17.5 Å². The Hall–Kier alpha value is -1.31. The van der Waals surface area contributed by atoms with Crippen LogP contribution in [0.2, 0.25) is 0 Å². The predicted octanol–water partition coefficient (Wildman–Crippen LogP) is 2.00. The summed E-state index contributed by atoms with van der Waals surface area (Å²) < 4.78 is 0. The zero-order valence-electron chi connectivity index (χ0n) is 8.13. The van der Waals surface area contributed by atoms with Gasteiger partial charge in [-0.3, -0.25) is 4.79 Å². The lowest BCUT2D eigenvalue weighted by atomic mass is 10.1. The third-order valence-electron chi connectivity index (χ3n) is 1.98. The zero-order chi connectivity index (χ0) is 9.68. The Morgan fingerprint density at radius 2 is 2.00 bits per heavy atom. The Kier molecular flexibility index (Phi) is 3.50. The number of amides is 1. The number of aryl methyl sites for hydroxylation is 1. The summed E-state index contributed by atoms with van der Waals surface area (Å²) in [5.74, 6) is 0.0277. The van der Waals surface area contributed by atoms with Crippen LogP contribution >= 0.6 is 0 Å². The molecule has 1 amide bonds. The average Bonchev–Trinajstić information content (AvgIpc) is 2.18. The van der Waals surface area contributed by atoms with E-state index in [9.17, 15) is 4.79 Å². The van der Waals surface area contributed by atoms with Crippen molar-refractivity contribution in [2.75, 3.05) is 6.54 Å². The van der Waals surface area contributed by atoms with Gasteiger partial charge in [0.25, 0.3) is 5.91 Å². The molecule has 1 rings (SSSR count). The first kappa shape index (κ1) is 9.78. The number of hydrogen-bond acceptors (Lipinski definition) is 1. The van der Waals surface area contributed by atoms with Crippen LogP contribution in [0, 0.1) is 0 Å². The second kappa shape index (κ2) is 4.65. The van der Waals surface area contributed by atoms with E-state index < -0.39 is 0 Å². The fraction of sp³-hybridized carbons (Fsp3) is 0.364. The smallest absolute Gasteiger partial charge is 0.251 e. The molecule has 0 atom stereocenters. The number of hydrogen-bond donors (Lipinski definition) is 1. The van der Waals surface area contributed by atoms with Crippen molar-refractivity contribution >= 4 is 5.91 Å². The number of carbonyl (C=O) groups excluding carboxylic acids is 1. The van der Waals surface area contributed by atoms with Crippen molar-refractivity contribution in [3.05, 3.63) is 35.4 Å². The molecule has 0 unspecified atom stereocenters. The van der Waals surface area contributed by atoms with Gasteiger partial charge in [0, 0.05) is 12.1 Å². The van der Waals surface area contributed by atoms with Crippen molar-refractivity contribution < 1.29 is 4.79 Å².